The van der Waals surface area contributed by atoms with E-state index >= 15 is 0 Å². The molecule has 0 radical (unpaired) electrons. The quantitative estimate of drug-likeness (QED) is 0.838. The fourth-order valence-corrected chi connectivity index (χ4v) is 4.13. The molecule has 2 aromatic rings. The molecule has 0 spiro atoms. The van der Waals surface area contributed by atoms with Gasteiger partial charge in [0, 0.05) is 6.04 Å². The molecule has 0 aromatic heterocycles. The van der Waals surface area contributed by atoms with Crippen LogP contribution in [0.1, 0.15) is 57.1 Å². The third-order valence-electron chi connectivity index (χ3n) is 5.63. The van der Waals surface area contributed by atoms with Crippen molar-refractivity contribution in [1.82, 2.24) is 5.32 Å². The Bertz CT molecular complexity index is 735. The molecule has 1 aliphatic carbocycles. The van der Waals surface area contributed by atoms with Gasteiger partial charge in [-0.05, 0) is 41.7 Å². The maximum absolute atomic E-state index is 12.5. The van der Waals surface area contributed by atoms with Gasteiger partial charge in [0.2, 0.25) is 5.91 Å². The lowest BCUT2D eigenvalue weighted by molar-refractivity contribution is -0.409. The zero-order valence-electron chi connectivity index (χ0n) is 15.5. The number of nitrogens with one attached hydrogen (secondary N) is 1. The number of rotatable bonds is 6. The molecular formula is C22H29N2O2-. The number of amides is 1. The summed E-state index contributed by atoms with van der Waals surface area (Å²) < 4.78 is 0. The molecule has 0 bridgehead atoms. The molecule has 1 fully saturated rings. The number of carbonyl (C=O) groups is 1. The molecule has 3 rings (SSSR count). The summed E-state index contributed by atoms with van der Waals surface area (Å²) in [6.45, 7) is 1.92. The molecule has 2 aromatic carbocycles. The van der Waals surface area contributed by atoms with E-state index in [-0.39, 0.29) is 6.04 Å². The molecule has 1 amide bonds. The van der Waals surface area contributed by atoms with E-state index in [1.807, 2.05) is 49.4 Å². The second kappa shape index (κ2) is 8.65. The van der Waals surface area contributed by atoms with E-state index in [0.717, 1.165) is 29.2 Å². The van der Waals surface area contributed by atoms with Crippen LogP contribution in [0.4, 0.5) is 0 Å². The summed E-state index contributed by atoms with van der Waals surface area (Å²) in [7, 11) is 0. The first-order chi connectivity index (χ1) is 12.6. The average molecular weight is 353 g/mol. The van der Waals surface area contributed by atoms with Crippen molar-refractivity contribution >= 4 is 16.7 Å². The van der Waals surface area contributed by atoms with Crippen molar-refractivity contribution in [3.8, 4) is 0 Å². The Kier molecular flexibility index (Phi) is 6.28. The van der Waals surface area contributed by atoms with Gasteiger partial charge in [-0.15, -0.1) is 0 Å². The topological polar surface area (TPSA) is 78.2 Å². The first kappa shape index (κ1) is 18.9. The molecule has 4 heteroatoms. The number of fused-ring (bicyclic) bond motifs is 1. The zero-order chi connectivity index (χ0) is 18.5. The maximum Gasteiger partial charge on any atom is 0.208 e. The Labute approximate surface area is 155 Å². The second-order valence-electron chi connectivity index (χ2n) is 7.62. The third-order valence-corrected chi connectivity index (χ3v) is 5.63. The standard InChI is InChI=1S/C22H29N2O2/c1-15(18-13-7-11-17-10-5-6-12-19(17)18)24-22(26)21(25)20(23)14-16-8-3-2-4-9-16/h5-7,10-13,15-16,20-21H,2-4,8-9,14,23H2,1H3,(H,24,26)/q-1/t15-,20+,21?/m0/s1. The smallest absolute Gasteiger partial charge is 0.208 e. The molecular weight excluding hydrogens is 324 g/mol. The molecule has 0 aliphatic heterocycles. The number of carbonyl (C=O) groups excluding carboxylic acids is 1. The number of nitrogens with two attached hydrogens (primary N) is 1. The van der Waals surface area contributed by atoms with E-state index in [4.69, 9.17) is 5.73 Å². The van der Waals surface area contributed by atoms with Crippen molar-refractivity contribution in [2.45, 2.75) is 63.6 Å². The Balaban J connectivity index is 1.62. The summed E-state index contributed by atoms with van der Waals surface area (Å²) in [5.74, 6) is 0.00670. The first-order valence-electron chi connectivity index (χ1n) is 9.75. The minimum absolute atomic E-state index is 0.230. The molecule has 0 saturated heterocycles. The summed E-state index contributed by atoms with van der Waals surface area (Å²) in [5, 5.41) is 17.6. The van der Waals surface area contributed by atoms with E-state index in [1.54, 1.807) is 0 Å². The van der Waals surface area contributed by atoms with Crippen LogP contribution in [0.3, 0.4) is 0 Å². The van der Waals surface area contributed by atoms with Gasteiger partial charge in [0.1, 0.15) is 0 Å². The van der Waals surface area contributed by atoms with Crippen LogP contribution in [0.25, 0.3) is 10.8 Å². The zero-order valence-corrected chi connectivity index (χ0v) is 15.5. The lowest BCUT2D eigenvalue weighted by Crippen LogP contribution is -2.55. The van der Waals surface area contributed by atoms with Gasteiger partial charge in [0.05, 0.1) is 6.04 Å². The molecule has 1 saturated carbocycles. The Hall–Kier alpha value is -1.91. The molecule has 140 valence electrons. The summed E-state index contributed by atoms with van der Waals surface area (Å²) in [4.78, 5) is 12.4. The molecule has 3 atom stereocenters. The second-order valence-corrected chi connectivity index (χ2v) is 7.62. The minimum Gasteiger partial charge on any atom is -0.844 e. The number of hydrogen-bond acceptors (Lipinski definition) is 3. The Morgan fingerprint density at radius 2 is 1.85 bits per heavy atom. The van der Waals surface area contributed by atoms with E-state index in [9.17, 15) is 9.90 Å². The van der Waals surface area contributed by atoms with E-state index < -0.39 is 18.1 Å². The Morgan fingerprint density at radius 3 is 2.62 bits per heavy atom. The highest BCUT2D eigenvalue weighted by Gasteiger charge is 2.22. The first-order valence-corrected chi connectivity index (χ1v) is 9.75. The van der Waals surface area contributed by atoms with Crippen LogP contribution in [0.5, 0.6) is 0 Å². The lowest BCUT2D eigenvalue weighted by atomic mass is 9.84. The predicted octanol–water partition coefficient (Wildman–Crippen LogP) is 3.04. The fourth-order valence-electron chi connectivity index (χ4n) is 4.13. The lowest BCUT2D eigenvalue weighted by Gasteiger charge is -2.33. The van der Waals surface area contributed by atoms with Crippen molar-refractivity contribution in [2.24, 2.45) is 11.7 Å². The Morgan fingerprint density at radius 1 is 1.15 bits per heavy atom. The molecule has 0 heterocycles. The highest BCUT2D eigenvalue weighted by molar-refractivity contribution is 5.87. The normalized spacial score (nSPS) is 19.0. The van der Waals surface area contributed by atoms with Gasteiger partial charge >= 0.3 is 0 Å². The van der Waals surface area contributed by atoms with Gasteiger partial charge < -0.3 is 16.2 Å². The van der Waals surface area contributed by atoms with Crippen molar-refractivity contribution in [3.05, 3.63) is 48.0 Å². The largest absolute Gasteiger partial charge is 0.844 e. The van der Waals surface area contributed by atoms with Gasteiger partial charge in [-0.2, -0.15) is 0 Å². The SMILES string of the molecule is C[C@H](NC(=O)C([O-])[C@H](N)CC1CCCCC1)c1cccc2ccccc12. The summed E-state index contributed by atoms with van der Waals surface area (Å²) >= 11 is 0. The van der Waals surface area contributed by atoms with Gasteiger partial charge in [-0.25, -0.2) is 0 Å². The number of hydrogen-bond donors (Lipinski definition) is 2. The minimum atomic E-state index is -1.41. The van der Waals surface area contributed by atoms with Crippen molar-refractivity contribution in [3.63, 3.8) is 0 Å². The number of benzene rings is 2. The van der Waals surface area contributed by atoms with Gasteiger partial charge in [-0.1, -0.05) is 74.6 Å². The van der Waals surface area contributed by atoms with Crippen molar-refractivity contribution in [2.75, 3.05) is 0 Å². The van der Waals surface area contributed by atoms with Crippen molar-refractivity contribution < 1.29 is 9.90 Å². The molecule has 3 N–H and O–H groups in total. The van der Waals surface area contributed by atoms with E-state index in [1.165, 1.54) is 19.3 Å². The molecule has 1 unspecified atom stereocenters. The molecule has 4 nitrogen and oxygen atoms in total. The maximum atomic E-state index is 12.5. The highest BCUT2D eigenvalue weighted by Crippen LogP contribution is 2.28. The van der Waals surface area contributed by atoms with Crippen LogP contribution in [-0.2, 0) is 4.79 Å². The summed E-state index contributed by atoms with van der Waals surface area (Å²) in [5.41, 5.74) is 7.10. The van der Waals surface area contributed by atoms with Crippen LogP contribution in [0, 0.1) is 5.92 Å². The summed E-state index contributed by atoms with van der Waals surface area (Å²) in [6.07, 6.45) is 5.22. The van der Waals surface area contributed by atoms with E-state index in [0.29, 0.717) is 12.3 Å². The van der Waals surface area contributed by atoms with Crippen LogP contribution >= 0.6 is 0 Å². The highest BCUT2D eigenvalue weighted by atomic mass is 16.3. The van der Waals surface area contributed by atoms with Gasteiger partial charge in [0.25, 0.3) is 0 Å². The van der Waals surface area contributed by atoms with E-state index in [2.05, 4.69) is 5.32 Å². The van der Waals surface area contributed by atoms with Crippen molar-refractivity contribution in [1.29, 1.82) is 0 Å². The van der Waals surface area contributed by atoms with Crippen LogP contribution in [0.2, 0.25) is 0 Å². The fraction of sp³-hybridized carbons (Fsp3) is 0.500. The van der Waals surface area contributed by atoms with Crippen LogP contribution in [-0.4, -0.2) is 18.1 Å². The molecule has 26 heavy (non-hydrogen) atoms. The predicted molar refractivity (Wildman–Crippen MR) is 103 cm³/mol. The van der Waals surface area contributed by atoms with Crippen LogP contribution < -0.4 is 16.2 Å². The monoisotopic (exact) mass is 353 g/mol. The average Bonchev–Trinajstić information content (AvgIpc) is 2.67. The third kappa shape index (κ3) is 4.43. The summed E-state index contributed by atoms with van der Waals surface area (Å²) in [6, 6.07) is 13.2. The van der Waals surface area contributed by atoms with Gasteiger partial charge in [-0.3, -0.25) is 4.79 Å². The molecule has 1 aliphatic rings. The van der Waals surface area contributed by atoms with Crippen LogP contribution in [0.15, 0.2) is 42.5 Å². The van der Waals surface area contributed by atoms with Gasteiger partial charge in [0.15, 0.2) is 0 Å².